The molecule has 4 N–H and O–H groups in total. The molecule has 318 valence electrons. The summed E-state index contributed by atoms with van der Waals surface area (Å²) >= 11 is 0. The summed E-state index contributed by atoms with van der Waals surface area (Å²) in [5, 5.41) is 22.4. The predicted molar refractivity (Wildman–Crippen MR) is 229 cm³/mol. The van der Waals surface area contributed by atoms with Crippen LogP contribution in [0.4, 0.5) is 4.79 Å². The van der Waals surface area contributed by atoms with Crippen LogP contribution in [0.25, 0.3) is 0 Å². The molecule has 1 heterocycles. The van der Waals surface area contributed by atoms with Crippen LogP contribution in [0.15, 0.2) is 59.4 Å². The highest BCUT2D eigenvalue weighted by molar-refractivity contribution is 5.67. The van der Waals surface area contributed by atoms with Gasteiger partial charge in [-0.15, -0.1) is 0 Å². The SMILES string of the molecule is CC.CC/C=C1/CC(O)CCC(OC(N)=O)C(OC(C)=O)/C=C/C(C)C(/C(C)=C/C=C/C(C)CC(O)C(C2CCC2)C(C)C(CC)CC)O1.CCC=C(C)C. The molecular formula is C47H83NO7. The van der Waals surface area contributed by atoms with Crippen molar-refractivity contribution in [3.63, 3.8) is 0 Å². The first-order valence-electron chi connectivity index (χ1n) is 21.6. The summed E-state index contributed by atoms with van der Waals surface area (Å²) < 4.78 is 17.4. The third-order valence-electron chi connectivity index (χ3n) is 11.0. The van der Waals surface area contributed by atoms with Gasteiger partial charge in [-0.05, 0) is 100 Å². The number of rotatable bonds is 15. The van der Waals surface area contributed by atoms with Crippen molar-refractivity contribution in [3.05, 3.63) is 59.4 Å². The van der Waals surface area contributed by atoms with Crippen LogP contribution < -0.4 is 5.73 Å². The van der Waals surface area contributed by atoms with E-state index in [1.165, 1.54) is 38.2 Å². The van der Waals surface area contributed by atoms with Crippen molar-refractivity contribution in [1.29, 1.82) is 0 Å². The summed E-state index contributed by atoms with van der Waals surface area (Å²) in [6.07, 6.45) is 19.6. The van der Waals surface area contributed by atoms with Gasteiger partial charge in [0, 0.05) is 19.3 Å². The number of amides is 1. The Bertz CT molecular complexity index is 1210. The number of carbonyl (C=O) groups excluding carboxylic acids is 2. The fourth-order valence-electron chi connectivity index (χ4n) is 7.91. The van der Waals surface area contributed by atoms with Gasteiger partial charge in [-0.25, -0.2) is 4.79 Å². The third kappa shape index (κ3) is 20.8. The van der Waals surface area contributed by atoms with E-state index >= 15 is 0 Å². The van der Waals surface area contributed by atoms with E-state index in [9.17, 15) is 19.8 Å². The zero-order valence-electron chi connectivity index (χ0n) is 37.2. The first kappa shape index (κ1) is 52.2. The number of aliphatic hydroxyl groups excluding tert-OH is 2. The number of nitrogens with two attached hydrogens (primary N) is 1. The average Bonchev–Trinajstić information content (AvgIpc) is 3.09. The predicted octanol–water partition coefficient (Wildman–Crippen LogP) is 11.6. The van der Waals surface area contributed by atoms with Crippen molar-refractivity contribution in [2.45, 2.75) is 191 Å². The number of allylic oxidation sites excluding steroid dienone is 6. The lowest BCUT2D eigenvalue weighted by atomic mass is 9.64. The summed E-state index contributed by atoms with van der Waals surface area (Å²) in [5.41, 5.74) is 7.74. The van der Waals surface area contributed by atoms with E-state index in [-0.39, 0.29) is 30.5 Å². The molecule has 0 aromatic carbocycles. The van der Waals surface area contributed by atoms with Crippen LogP contribution in [0.1, 0.15) is 161 Å². The van der Waals surface area contributed by atoms with Crippen LogP contribution in [-0.4, -0.2) is 52.8 Å². The highest BCUT2D eigenvalue weighted by Gasteiger charge is 2.38. The van der Waals surface area contributed by atoms with Crippen molar-refractivity contribution >= 4 is 12.1 Å². The second-order valence-corrected chi connectivity index (χ2v) is 15.8. The molecule has 0 spiro atoms. The Kier molecular flexibility index (Phi) is 27.9. The van der Waals surface area contributed by atoms with Crippen molar-refractivity contribution < 1.29 is 34.0 Å². The van der Waals surface area contributed by atoms with Gasteiger partial charge < -0.3 is 30.2 Å². The minimum absolute atomic E-state index is 0.155. The van der Waals surface area contributed by atoms with Gasteiger partial charge in [-0.1, -0.05) is 130 Å². The van der Waals surface area contributed by atoms with Gasteiger partial charge in [0.05, 0.1) is 18.0 Å². The smallest absolute Gasteiger partial charge is 0.404 e. The highest BCUT2D eigenvalue weighted by Crippen LogP contribution is 2.44. The Hall–Kier alpha value is -2.84. The molecule has 1 aliphatic heterocycles. The molecule has 1 saturated carbocycles. The van der Waals surface area contributed by atoms with Crippen molar-refractivity contribution in [2.75, 3.05) is 0 Å². The second-order valence-electron chi connectivity index (χ2n) is 15.8. The maximum absolute atomic E-state index is 11.9. The van der Waals surface area contributed by atoms with Gasteiger partial charge in [0.15, 0.2) is 6.10 Å². The molecule has 9 atom stereocenters. The van der Waals surface area contributed by atoms with E-state index in [0.717, 1.165) is 31.3 Å². The molecule has 8 nitrogen and oxygen atoms in total. The molecule has 55 heavy (non-hydrogen) atoms. The monoisotopic (exact) mass is 774 g/mol. The topological polar surface area (TPSA) is 128 Å². The molecule has 9 unspecified atom stereocenters. The Morgan fingerprint density at radius 3 is 2.07 bits per heavy atom. The van der Waals surface area contributed by atoms with Crippen LogP contribution in [-0.2, 0) is 19.0 Å². The first-order chi connectivity index (χ1) is 26.1. The molecule has 0 radical (unpaired) electrons. The minimum atomic E-state index is -0.963. The fourth-order valence-corrected chi connectivity index (χ4v) is 7.91. The van der Waals surface area contributed by atoms with E-state index in [0.29, 0.717) is 42.3 Å². The van der Waals surface area contributed by atoms with Crippen molar-refractivity contribution in [1.82, 2.24) is 0 Å². The standard InChI is InChI=1S/C39H65NO7.C6H12.C2H6/c1-9-14-33-24-32(42)20-22-36(47-39(40)44)35(45-29(8)41)21-19-27(6)38(46-33)26(5)16-12-15-25(4)23-34(43)37(31-17-13-18-31)28(7)30(10-2)11-3;1-4-5-6(2)3;1-2/h12,14-16,19,21,25,27-28,30-32,34-38,42-43H,9-11,13,17-18,20,22-24H2,1-8H3,(H2,40,44);5H,4H2,1-3H3;1-2H3/b15-12+,21-19+,26-16+,33-14-;;. The number of esters is 1. The van der Waals surface area contributed by atoms with E-state index < -0.39 is 30.4 Å². The quantitative estimate of drug-likeness (QED) is 0.0858. The summed E-state index contributed by atoms with van der Waals surface area (Å²) in [7, 11) is 0. The number of primary amides is 1. The summed E-state index contributed by atoms with van der Waals surface area (Å²) in [4.78, 5) is 23.6. The number of ether oxygens (including phenoxy) is 3. The summed E-state index contributed by atoms with van der Waals surface area (Å²) in [6, 6.07) is 0. The molecule has 1 aliphatic carbocycles. The summed E-state index contributed by atoms with van der Waals surface area (Å²) in [6.45, 7) is 26.8. The van der Waals surface area contributed by atoms with E-state index in [4.69, 9.17) is 19.9 Å². The lowest BCUT2D eigenvalue weighted by Gasteiger charge is -2.43. The number of hydrogen-bond donors (Lipinski definition) is 3. The van der Waals surface area contributed by atoms with Crippen LogP contribution in [0.3, 0.4) is 0 Å². The molecule has 8 heteroatoms. The van der Waals surface area contributed by atoms with Gasteiger partial charge >= 0.3 is 12.1 Å². The molecule has 2 rings (SSSR count). The Morgan fingerprint density at radius 1 is 0.964 bits per heavy atom. The maximum atomic E-state index is 11.9. The molecule has 1 fully saturated rings. The Labute approximate surface area is 337 Å². The van der Waals surface area contributed by atoms with Gasteiger partial charge in [0.1, 0.15) is 12.2 Å². The van der Waals surface area contributed by atoms with Crippen LogP contribution >= 0.6 is 0 Å². The molecule has 0 aromatic heterocycles. The van der Waals surface area contributed by atoms with E-state index in [2.05, 4.69) is 72.8 Å². The zero-order valence-corrected chi connectivity index (χ0v) is 37.2. The van der Waals surface area contributed by atoms with Gasteiger partial charge in [-0.3, -0.25) is 4.79 Å². The Balaban J connectivity index is 0.00000331. The molecule has 0 saturated heterocycles. The number of aliphatic hydroxyl groups is 2. The normalized spacial score (nSPS) is 25.9. The summed E-state index contributed by atoms with van der Waals surface area (Å²) in [5.74, 6) is 2.39. The van der Waals surface area contributed by atoms with Crippen LogP contribution in [0.5, 0.6) is 0 Å². The molecule has 0 bridgehead atoms. The maximum Gasteiger partial charge on any atom is 0.404 e. The number of hydrogen-bond acceptors (Lipinski definition) is 7. The van der Waals surface area contributed by atoms with Crippen molar-refractivity contribution in [3.8, 4) is 0 Å². The van der Waals surface area contributed by atoms with E-state index in [1.807, 2.05) is 46.8 Å². The molecule has 1 amide bonds. The van der Waals surface area contributed by atoms with Crippen molar-refractivity contribution in [2.24, 2.45) is 41.2 Å². The second kappa shape index (κ2) is 29.4. The lowest BCUT2D eigenvalue weighted by molar-refractivity contribution is -0.149. The largest absolute Gasteiger partial charge is 0.490 e. The molecule has 2 aliphatic rings. The average molecular weight is 774 g/mol. The van der Waals surface area contributed by atoms with Crippen LogP contribution in [0, 0.1) is 35.5 Å². The minimum Gasteiger partial charge on any atom is -0.490 e. The lowest BCUT2D eigenvalue weighted by Crippen LogP contribution is -2.39. The Morgan fingerprint density at radius 2 is 1.60 bits per heavy atom. The third-order valence-corrected chi connectivity index (χ3v) is 11.0. The number of carbonyl (C=O) groups is 2. The fraction of sp³-hybridized carbons (Fsp3) is 0.745. The van der Waals surface area contributed by atoms with Gasteiger partial charge in [0.25, 0.3) is 0 Å². The van der Waals surface area contributed by atoms with Crippen LogP contribution in [0.2, 0.25) is 0 Å². The van der Waals surface area contributed by atoms with Gasteiger partial charge in [0.2, 0.25) is 0 Å². The van der Waals surface area contributed by atoms with E-state index in [1.54, 1.807) is 6.08 Å². The van der Waals surface area contributed by atoms with Gasteiger partial charge in [-0.2, -0.15) is 0 Å². The first-order valence-corrected chi connectivity index (χ1v) is 21.6. The zero-order chi connectivity index (χ0) is 42.1. The highest BCUT2D eigenvalue weighted by atomic mass is 16.6. The molecule has 0 aromatic rings. The molecular weight excluding hydrogens is 691 g/mol.